The second-order valence-electron chi connectivity index (χ2n) is 11.3. The van der Waals surface area contributed by atoms with Crippen LogP contribution < -0.4 is 15.7 Å². The van der Waals surface area contributed by atoms with E-state index in [1.165, 1.54) is 31.2 Å². The number of carbonyl (C=O) groups is 1. The van der Waals surface area contributed by atoms with Crippen molar-refractivity contribution in [3.05, 3.63) is 66.1 Å². The fraction of sp³-hybridized carbons (Fsp3) is 0.433. The highest BCUT2D eigenvalue weighted by Crippen LogP contribution is 2.38. The lowest BCUT2D eigenvalue weighted by atomic mass is 9.83. The molecule has 1 saturated carbocycles. The average Bonchev–Trinajstić information content (AvgIpc) is 3.62. The topological polar surface area (TPSA) is 119 Å². The van der Waals surface area contributed by atoms with Crippen LogP contribution in [0.4, 0.5) is 10.7 Å². The fourth-order valence-electron chi connectivity index (χ4n) is 6.32. The molecule has 0 spiro atoms. The number of aromatic nitrogens is 5. The van der Waals surface area contributed by atoms with Crippen molar-refractivity contribution in [2.75, 3.05) is 24.7 Å². The van der Waals surface area contributed by atoms with Crippen LogP contribution in [-0.2, 0) is 16.1 Å². The Morgan fingerprint density at radius 1 is 1.05 bits per heavy atom. The van der Waals surface area contributed by atoms with E-state index in [0.29, 0.717) is 24.8 Å². The lowest BCUT2D eigenvalue weighted by molar-refractivity contribution is 0.0927. The number of amides is 1. The van der Waals surface area contributed by atoms with Gasteiger partial charge >= 0.3 is 6.09 Å². The molecule has 3 fully saturated rings. The highest BCUT2D eigenvalue weighted by atomic mass is 16.7. The zero-order valence-electron chi connectivity index (χ0n) is 23.1. The zero-order chi connectivity index (χ0) is 27.8. The van der Waals surface area contributed by atoms with Gasteiger partial charge in [0.05, 0.1) is 54.1 Å². The molecule has 2 N–H and O–H groups in total. The van der Waals surface area contributed by atoms with E-state index in [0.717, 1.165) is 47.2 Å². The minimum Gasteiger partial charge on any atom is -0.377 e. The number of nitrogens with zero attached hydrogens (tertiary/aromatic N) is 6. The highest BCUT2D eigenvalue weighted by molar-refractivity contribution is 5.92. The Morgan fingerprint density at radius 2 is 1.90 bits per heavy atom. The molecule has 11 nitrogen and oxygen atoms in total. The van der Waals surface area contributed by atoms with Crippen molar-refractivity contribution in [3.63, 3.8) is 0 Å². The largest absolute Gasteiger partial charge is 0.427 e. The Morgan fingerprint density at radius 3 is 2.66 bits per heavy atom. The molecule has 212 valence electrons. The molecule has 2 aliphatic heterocycles. The fourth-order valence-corrected chi connectivity index (χ4v) is 6.32. The van der Waals surface area contributed by atoms with E-state index >= 15 is 0 Å². The summed E-state index contributed by atoms with van der Waals surface area (Å²) in [4.78, 5) is 29.6. The van der Waals surface area contributed by atoms with Crippen LogP contribution in [0, 0.1) is 11.8 Å². The maximum atomic E-state index is 11.8. The van der Waals surface area contributed by atoms with Crippen molar-refractivity contribution in [2.24, 2.45) is 11.8 Å². The Bertz CT molecular complexity index is 1520. The first kappa shape index (κ1) is 25.8. The smallest absolute Gasteiger partial charge is 0.377 e. The summed E-state index contributed by atoms with van der Waals surface area (Å²) in [6.07, 6.45) is 7.14. The summed E-state index contributed by atoms with van der Waals surface area (Å²) >= 11 is 0. The minimum absolute atomic E-state index is 0.0366. The molecule has 0 bridgehead atoms. The van der Waals surface area contributed by atoms with Crippen molar-refractivity contribution in [1.29, 1.82) is 0 Å². The van der Waals surface area contributed by atoms with Gasteiger partial charge in [-0.3, -0.25) is 5.32 Å². The van der Waals surface area contributed by atoms with Crippen LogP contribution in [0.1, 0.15) is 56.1 Å². The van der Waals surface area contributed by atoms with Gasteiger partial charge in [-0.25, -0.2) is 14.8 Å². The molecule has 0 radical (unpaired) electrons. The third-order valence-electron chi connectivity index (χ3n) is 8.56. The first-order valence-electron chi connectivity index (χ1n) is 14.4. The number of rotatable bonds is 6. The first-order chi connectivity index (χ1) is 20.1. The van der Waals surface area contributed by atoms with Gasteiger partial charge in [0.15, 0.2) is 6.17 Å². The molecular formula is C30H34N8O3. The number of hydrogen-bond donors (Lipinski definition) is 2. The molecule has 7 rings (SSSR count). The second kappa shape index (κ2) is 11.1. The van der Waals surface area contributed by atoms with Crippen molar-refractivity contribution in [2.45, 2.75) is 51.4 Å². The van der Waals surface area contributed by atoms with E-state index in [1.54, 1.807) is 12.4 Å². The summed E-state index contributed by atoms with van der Waals surface area (Å²) in [7, 11) is 0. The van der Waals surface area contributed by atoms with Gasteiger partial charge in [0.1, 0.15) is 0 Å². The monoisotopic (exact) mass is 554 g/mol. The van der Waals surface area contributed by atoms with E-state index < -0.39 is 12.3 Å². The maximum Gasteiger partial charge on any atom is 0.427 e. The van der Waals surface area contributed by atoms with Crippen molar-refractivity contribution in [3.8, 4) is 11.3 Å². The predicted molar refractivity (Wildman–Crippen MR) is 153 cm³/mol. The summed E-state index contributed by atoms with van der Waals surface area (Å²) in [6.45, 7) is 5.16. The van der Waals surface area contributed by atoms with Gasteiger partial charge in [-0.05, 0) is 42.4 Å². The number of carbonyl (C=O) groups excluding carboxylic acids is 1. The molecule has 2 saturated heterocycles. The highest BCUT2D eigenvalue weighted by Gasteiger charge is 2.33. The molecule has 41 heavy (non-hydrogen) atoms. The predicted octanol–water partition coefficient (Wildman–Crippen LogP) is 4.54. The molecular weight excluding hydrogens is 520 g/mol. The number of hydroxylamine groups is 1. The second-order valence-corrected chi connectivity index (χ2v) is 11.3. The van der Waals surface area contributed by atoms with Gasteiger partial charge < -0.3 is 19.0 Å². The molecule has 5 heterocycles. The lowest BCUT2D eigenvalue weighted by Crippen LogP contribution is -2.41. The molecule has 2 atom stereocenters. The number of anilines is 1. The Labute approximate surface area is 238 Å². The third-order valence-corrected chi connectivity index (χ3v) is 8.56. The minimum atomic E-state index is -0.589. The molecule has 4 aromatic rings. The van der Waals surface area contributed by atoms with Crippen LogP contribution in [0.2, 0.25) is 0 Å². The SMILES string of the molecule is CC1CCC(Cn2c(N3CCOC[C@H]3c3ccccc3)nc3cc(C4NOC(=O)N4)nc(-c4ccnnc4)c32)CC1. The van der Waals surface area contributed by atoms with Crippen LogP contribution >= 0.6 is 0 Å². The van der Waals surface area contributed by atoms with Gasteiger partial charge in [-0.1, -0.05) is 50.1 Å². The van der Waals surface area contributed by atoms with Crippen LogP contribution in [0.15, 0.2) is 54.9 Å². The summed E-state index contributed by atoms with van der Waals surface area (Å²) in [5.41, 5.74) is 7.90. The summed E-state index contributed by atoms with van der Waals surface area (Å²) in [6, 6.07) is 14.4. The number of fused-ring (bicyclic) bond motifs is 1. The lowest BCUT2D eigenvalue weighted by Gasteiger charge is -2.37. The Hall–Kier alpha value is -4.09. The molecule has 1 unspecified atom stereocenters. The molecule has 1 aromatic carbocycles. The van der Waals surface area contributed by atoms with E-state index in [9.17, 15) is 4.79 Å². The molecule has 3 aromatic heterocycles. The van der Waals surface area contributed by atoms with Crippen molar-refractivity contribution >= 4 is 23.1 Å². The van der Waals surface area contributed by atoms with E-state index in [4.69, 9.17) is 19.5 Å². The molecule has 1 amide bonds. The molecule has 1 aliphatic carbocycles. The van der Waals surface area contributed by atoms with Crippen LogP contribution in [0.25, 0.3) is 22.3 Å². The van der Waals surface area contributed by atoms with Gasteiger partial charge in [0.25, 0.3) is 0 Å². The van der Waals surface area contributed by atoms with Gasteiger partial charge in [-0.2, -0.15) is 10.2 Å². The summed E-state index contributed by atoms with van der Waals surface area (Å²) < 4.78 is 8.36. The van der Waals surface area contributed by atoms with Crippen molar-refractivity contribution < 1.29 is 14.4 Å². The van der Waals surface area contributed by atoms with E-state index in [1.807, 2.05) is 18.2 Å². The number of ether oxygens (including phenoxy) is 1. The third kappa shape index (κ3) is 5.11. The van der Waals surface area contributed by atoms with Crippen LogP contribution in [0.5, 0.6) is 0 Å². The van der Waals surface area contributed by atoms with Gasteiger partial charge in [0, 0.05) is 18.7 Å². The number of imidazole rings is 1. The standard InChI is InChI=1S/C30H34N8O3/c1-19-7-9-20(10-8-19)17-38-27-23(34-29(38)37-13-14-40-18-25(37)21-5-3-2-4-6-21)15-24(28-35-30(39)41-36-28)33-26(27)22-11-12-31-32-16-22/h2-6,11-12,15-16,19-20,25,28,36H,7-10,13-14,17-18H2,1H3,(H,35,39)/t19?,20?,25-,28?/m0/s1. The van der Waals surface area contributed by atoms with Crippen LogP contribution in [0.3, 0.4) is 0 Å². The number of pyridine rings is 1. The number of benzene rings is 1. The van der Waals surface area contributed by atoms with E-state index in [2.05, 4.69) is 61.7 Å². The van der Waals surface area contributed by atoms with E-state index in [-0.39, 0.29) is 6.04 Å². The molecule has 3 aliphatic rings. The Balaban J connectivity index is 1.41. The molecule has 11 heteroatoms. The first-order valence-corrected chi connectivity index (χ1v) is 14.4. The zero-order valence-corrected chi connectivity index (χ0v) is 23.1. The number of nitrogens with one attached hydrogen (secondary N) is 2. The maximum absolute atomic E-state index is 11.8. The normalized spacial score (nSPS) is 24.8. The number of morpholine rings is 1. The quantitative estimate of drug-likeness (QED) is 0.354. The number of hydrogen-bond acceptors (Lipinski definition) is 9. The average molecular weight is 555 g/mol. The van der Waals surface area contributed by atoms with Gasteiger partial charge in [0.2, 0.25) is 5.95 Å². The van der Waals surface area contributed by atoms with Crippen molar-refractivity contribution in [1.82, 2.24) is 35.5 Å². The van der Waals surface area contributed by atoms with Crippen LogP contribution in [-0.4, -0.2) is 50.6 Å². The Kier molecular flexibility index (Phi) is 6.97. The van der Waals surface area contributed by atoms with Gasteiger partial charge in [-0.15, -0.1) is 5.48 Å². The summed E-state index contributed by atoms with van der Waals surface area (Å²) in [5.74, 6) is 2.23. The summed E-state index contributed by atoms with van der Waals surface area (Å²) in [5, 5.41) is 10.9.